The van der Waals surface area contributed by atoms with Crippen molar-refractivity contribution in [1.29, 1.82) is 0 Å². The van der Waals surface area contributed by atoms with Crippen LogP contribution < -0.4 is 5.32 Å². The summed E-state index contributed by atoms with van der Waals surface area (Å²) >= 11 is 0. The molecule has 58 valence electrons. The van der Waals surface area contributed by atoms with Crippen LogP contribution in [0.5, 0.6) is 0 Å². The highest BCUT2D eigenvalue weighted by atomic mass is 32.2. The third-order valence-electron chi connectivity index (χ3n) is 1.37. The van der Waals surface area contributed by atoms with Gasteiger partial charge in [0.15, 0.2) is 0 Å². The van der Waals surface area contributed by atoms with E-state index in [1.165, 1.54) is 0 Å². The van der Waals surface area contributed by atoms with Gasteiger partial charge in [0.1, 0.15) is 0 Å². The zero-order valence-corrected chi connectivity index (χ0v) is 6.61. The third kappa shape index (κ3) is 1.78. The minimum Gasteiger partial charge on any atom is -0.354 e. The molecule has 10 heavy (non-hydrogen) atoms. The van der Waals surface area contributed by atoms with Crippen LogP contribution >= 0.6 is 0 Å². The van der Waals surface area contributed by atoms with E-state index < -0.39 is 11.0 Å². The number of carbonyl (C=O) groups is 1. The van der Waals surface area contributed by atoms with Crippen molar-refractivity contribution in [3.63, 3.8) is 0 Å². The molecule has 1 aliphatic rings. The van der Waals surface area contributed by atoms with Gasteiger partial charge in [-0.25, -0.2) is 8.51 Å². The lowest BCUT2D eigenvalue weighted by Gasteiger charge is -2.23. The largest absolute Gasteiger partial charge is 0.354 e. The van der Waals surface area contributed by atoms with Gasteiger partial charge in [-0.2, -0.15) is 0 Å². The summed E-state index contributed by atoms with van der Waals surface area (Å²) in [6.07, 6.45) is 1.58. The second-order valence-corrected chi connectivity index (χ2v) is 3.50. The number of nitrogens with zero attached hydrogens (tertiary/aromatic N) is 1. The molecule has 1 fully saturated rings. The van der Waals surface area contributed by atoms with Crippen molar-refractivity contribution in [3.8, 4) is 0 Å². The van der Waals surface area contributed by atoms with Crippen molar-refractivity contribution in [3.05, 3.63) is 0 Å². The normalized spacial score (nSPS) is 23.9. The van der Waals surface area contributed by atoms with Crippen LogP contribution in [0.3, 0.4) is 0 Å². The highest BCUT2D eigenvalue weighted by Crippen LogP contribution is 1.94. The molecule has 1 N–H and O–H groups in total. The predicted molar refractivity (Wildman–Crippen MR) is 38.6 cm³/mol. The summed E-state index contributed by atoms with van der Waals surface area (Å²) in [5, 5.41) is 2.65. The molecule has 0 aliphatic carbocycles. The van der Waals surface area contributed by atoms with E-state index >= 15 is 0 Å². The van der Waals surface area contributed by atoms with Crippen molar-refractivity contribution in [2.75, 3.05) is 25.9 Å². The van der Waals surface area contributed by atoms with Crippen molar-refractivity contribution < 1.29 is 9.00 Å². The third-order valence-corrected chi connectivity index (χ3v) is 2.41. The van der Waals surface area contributed by atoms with Gasteiger partial charge in [-0.05, 0) is 0 Å². The van der Waals surface area contributed by atoms with Crippen LogP contribution in [0, 0.1) is 0 Å². The summed E-state index contributed by atoms with van der Waals surface area (Å²) in [7, 11) is -1.00. The molecule has 0 aromatic heterocycles. The Morgan fingerprint density at radius 1 is 1.70 bits per heavy atom. The van der Waals surface area contributed by atoms with Crippen molar-refractivity contribution in [1.82, 2.24) is 9.62 Å². The Morgan fingerprint density at radius 3 is 2.80 bits per heavy atom. The van der Waals surface area contributed by atoms with Crippen LogP contribution in [0.15, 0.2) is 0 Å². The fraction of sp³-hybridized carbons (Fsp3) is 0.800. The van der Waals surface area contributed by atoms with Crippen LogP contribution in [0.1, 0.15) is 0 Å². The Labute approximate surface area is 62.2 Å². The molecule has 1 aliphatic heterocycles. The molecule has 1 amide bonds. The van der Waals surface area contributed by atoms with Crippen molar-refractivity contribution in [2.24, 2.45) is 0 Å². The van der Waals surface area contributed by atoms with Gasteiger partial charge in [0, 0.05) is 19.3 Å². The lowest BCUT2D eigenvalue weighted by molar-refractivity contribution is -0.122. The lowest BCUT2D eigenvalue weighted by Crippen LogP contribution is -2.47. The van der Waals surface area contributed by atoms with Gasteiger partial charge >= 0.3 is 0 Å². The minimum absolute atomic E-state index is 0.0403. The van der Waals surface area contributed by atoms with E-state index in [2.05, 4.69) is 5.32 Å². The van der Waals surface area contributed by atoms with Gasteiger partial charge in [-0.15, -0.1) is 0 Å². The van der Waals surface area contributed by atoms with E-state index in [1.54, 1.807) is 10.6 Å². The Hall–Kier alpha value is -0.420. The van der Waals surface area contributed by atoms with E-state index in [0.29, 0.717) is 13.1 Å². The van der Waals surface area contributed by atoms with Gasteiger partial charge in [0.05, 0.1) is 17.5 Å². The number of piperazine rings is 1. The molecule has 0 aromatic rings. The molecular weight excluding hydrogens is 152 g/mol. The molecule has 0 bridgehead atoms. The van der Waals surface area contributed by atoms with Gasteiger partial charge < -0.3 is 5.32 Å². The van der Waals surface area contributed by atoms with Crippen LogP contribution in [-0.4, -0.2) is 40.3 Å². The summed E-state index contributed by atoms with van der Waals surface area (Å²) in [5.74, 6) is -0.0403. The molecule has 1 atom stereocenters. The minimum atomic E-state index is -1.00. The topological polar surface area (TPSA) is 49.4 Å². The quantitative estimate of drug-likeness (QED) is 0.521. The first-order valence-electron chi connectivity index (χ1n) is 3.05. The summed E-state index contributed by atoms with van der Waals surface area (Å²) in [4.78, 5) is 10.7. The van der Waals surface area contributed by atoms with Gasteiger partial charge in [0.2, 0.25) is 5.91 Å². The van der Waals surface area contributed by atoms with Gasteiger partial charge in [-0.1, -0.05) is 0 Å². The zero-order valence-electron chi connectivity index (χ0n) is 5.79. The summed E-state index contributed by atoms with van der Waals surface area (Å²) < 4.78 is 12.4. The molecule has 1 unspecified atom stereocenters. The molecule has 4 nitrogen and oxygen atoms in total. The average Bonchev–Trinajstić information content (AvgIpc) is 1.88. The number of hydrogen-bond donors (Lipinski definition) is 1. The van der Waals surface area contributed by atoms with E-state index in [4.69, 9.17) is 0 Å². The summed E-state index contributed by atoms with van der Waals surface area (Å²) in [5.41, 5.74) is 0. The molecule has 1 rings (SSSR count). The molecule has 0 radical (unpaired) electrons. The number of rotatable bonds is 1. The molecule has 5 heteroatoms. The van der Waals surface area contributed by atoms with Crippen LogP contribution in [0.4, 0.5) is 0 Å². The van der Waals surface area contributed by atoms with Crippen LogP contribution in [0.25, 0.3) is 0 Å². The fourth-order valence-electron chi connectivity index (χ4n) is 0.835. The monoisotopic (exact) mass is 162 g/mol. The SMILES string of the molecule is CS(=O)N1CCNC(=O)C1. The first-order chi connectivity index (χ1) is 4.70. The van der Waals surface area contributed by atoms with Gasteiger partial charge in [-0.3, -0.25) is 4.79 Å². The smallest absolute Gasteiger partial charge is 0.235 e. The van der Waals surface area contributed by atoms with E-state index in [1.807, 2.05) is 0 Å². The zero-order chi connectivity index (χ0) is 7.56. The molecule has 1 heterocycles. The standard InChI is InChI=1S/C5H10N2O2S/c1-10(9)7-3-2-6-5(8)4-7/h2-4H2,1H3,(H,6,8). The number of carbonyl (C=O) groups excluding carboxylic acids is 1. The Kier molecular flexibility index (Phi) is 2.39. The van der Waals surface area contributed by atoms with Crippen LogP contribution in [-0.2, 0) is 15.8 Å². The van der Waals surface area contributed by atoms with Gasteiger partial charge in [0.25, 0.3) is 0 Å². The van der Waals surface area contributed by atoms with Crippen molar-refractivity contribution in [2.45, 2.75) is 0 Å². The Bertz CT molecular complexity index is 169. The molecular formula is C5H10N2O2S. The van der Waals surface area contributed by atoms with E-state index in [-0.39, 0.29) is 12.5 Å². The van der Waals surface area contributed by atoms with E-state index in [0.717, 1.165) is 0 Å². The molecule has 1 saturated heterocycles. The summed E-state index contributed by atoms with van der Waals surface area (Å²) in [6.45, 7) is 1.57. The number of hydrogen-bond acceptors (Lipinski definition) is 2. The maximum Gasteiger partial charge on any atom is 0.235 e. The second kappa shape index (κ2) is 3.12. The highest BCUT2D eigenvalue weighted by molar-refractivity contribution is 7.81. The summed E-state index contributed by atoms with van der Waals surface area (Å²) in [6, 6.07) is 0. The molecule has 0 spiro atoms. The number of nitrogens with one attached hydrogen (secondary N) is 1. The predicted octanol–water partition coefficient (Wildman–Crippen LogP) is -1.29. The van der Waals surface area contributed by atoms with E-state index in [9.17, 15) is 9.00 Å². The Balaban J connectivity index is 2.47. The highest BCUT2D eigenvalue weighted by Gasteiger charge is 2.17. The van der Waals surface area contributed by atoms with Crippen LogP contribution in [0.2, 0.25) is 0 Å². The molecule has 0 saturated carbocycles. The lowest BCUT2D eigenvalue weighted by atomic mass is 10.4. The first kappa shape index (κ1) is 7.68. The second-order valence-electron chi connectivity index (χ2n) is 2.14. The first-order valence-corrected chi connectivity index (χ1v) is 4.57. The fourth-order valence-corrected chi connectivity index (χ4v) is 1.48. The number of amides is 1. The maximum atomic E-state index is 10.8. The molecule has 0 aromatic carbocycles. The Morgan fingerprint density at radius 2 is 2.40 bits per heavy atom. The van der Waals surface area contributed by atoms with Crippen molar-refractivity contribution >= 4 is 16.9 Å². The average molecular weight is 162 g/mol. The maximum absolute atomic E-state index is 10.8.